The van der Waals surface area contributed by atoms with Crippen molar-refractivity contribution in [2.24, 2.45) is 0 Å². The summed E-state index contributed by atoms with van der Waals surface area (Å²) in [6.07, 6.45) is 2.01. The van der Waals surface area contributed by atoms with Gasteiger partial charge in [0, 0.05) is 45.0 Å². The fraction of sp³-hybridized carbons (Fsp3) is 0.438. The Kier molecular flexibility index (Phi) is 4.68. The molecule has 7 heteroatoms. The van der Waals surface area contributed by atoms with Crippen molar-refractivity contribution in [3.63, 3.8) is 0 Å². The highest BCUT2D eigenvalue weighted by Gasteiger charge is 2.33. The molecule has 3 rings (SSSR count). The van der Waals surface area contributed by atoms with Crippen LogP contribution in [0.3, 0.4) is 0 Å². The van der Waals surface area contributed by atoms with E-state index < -0.39 is 17.7 Å². The van der Waals surface area contributed by atoms with Crippen molar-refractivity contribution < 1.29 is 19.4 Å². The van der Waals surface area contributed by atoms with Crippen molar-refractivity contribution in [1.82, 2.24) is 9.88 Å². The number of Topliss-reactive ketones (excluding diaryl/α,β-unsaturated/α-hetero) is 1. The molecular formula is C16H19N3O4. The number of aromatic nitrogens is 1. The predicted molar refractivity (Wildman–Crippen MR) is 82.9 cm³/mol. The molecule has 1 aromatic rings. The Morgan fingerprint density at radius 1 is 1.22 bits per heavy atom. The van der Waals surface area contributed by atoms with Crippen molar-refractivity contribution in [2.75, 3.05) is 44.2 Å². The zero-order chi connectivity index (χ0) is 16.2. The zero-order valence-electron chi connectivity index (χ0n) is 12.7. The van der Waals surface area contributed by atoms with Crippen LogP contribution in [0.15, 0.2) is 36.2 Å². The summed E-state index contributed by atoms with van der Waals surface area (Å²) >= 11 is 0. The molecule has 0 amide bonds. The molecular weight excluding hydrogens is 298 g/mol. The molecule has 1 saturated heterocycles. The molecule has 7 nitrogen and oxygen atoms in total. The Labute approximate surface area is 134 Å². The Morgan fingerprint density at radius 2 is 2.00 bits per heavy atom. The minimum absolute atomic E-state index is 0.159. The first-order valence-corrected chi connectivity index (χ1v) is 7.62. The summed E-state index contributed by atoms with van der Waals surface area (Å²) in [6.45, 7) is 3.11. The first-order valence-electron chi connectivity index (χ1n) is 7.62. The molecule has 0 spiro atoms. The highest BCUT2D eigenvalue weighted by Crippen LogP contribution is 2.16. The van der Waals surface area contributed by atoms with Gasteiger partial charge >= 0.3 is 0 Å². The number of ether oxygens (including phenoxy) is 1. The minimum atomic E-state index is -0.823. The third kappa shape index (κ3) is 3.57. The first kappa shape index (κ1) is 15.6. The van der Waals surface area contributed by atoms with Gasteiger partial charge in [0.15, 0.2) is 6.10 Å². The van der Waals surface area contributed by atoms with Gasteiger partial charge in [0.1, 0.15) is 18.2 Å². The molecule has 0 aliphatic carbocycles. The lowest BCUT2D eigenvalue weighted by Crippen LogP contribution is -2.51. The molecule has 1 N–H and O–H groups in total. The van der Waals surface area contributed by atoms with E-state index in [1.807, 2.05) is 18.2 Å². The van der Waals surface area contributed by atoms with Gasteiger partial charge in [-0.1, -0.05) is 6.07 Å². The fourth-order valence-electron chi connectivity index (χ4n) is 2.78. The number of aliphatic hydroxyl groups is 1. The van der Waals surface area contributed by atoms with E-state index in [0.29, 0.717) is 6.54 Å². The van der Waals surface area contributed by atoms with Gasteiger partial charge in [-0.05, 0) is 12.1 Å². The van der Waals surface area contributed by atoms with Gasteiger partial charge in [0.05, 0.1) is 0 Å². The van der Waals surface area contributed by atoms with Gasteiger partial charge in [-0.2, -0.15) is 0 Å². The van der Waals surface area contributed by atoms with E-state index in [2.05, 4.69) is 14.8 Å². The average molecular weight is 317 g/mol. The number of nitrogens with zero attached hydrogens (tertiary/aromatic N) is 3. The number of carbonyl (C=O) groups excluding carboxylic acids is 2. The van der Waals surface area contributed by atoms with Crippen LogP contribution in [0.5, 0.6) is 0 Å². The van der Waals surface area contributed by atoms with Crippen LogP contribution in [0.25, 0.3) is 0 Å². The third-order valence-corrected chi connectivity index (χ3v) is 4.05. The van der Waals surface area contributed by atoms with E-state index >= 15 is 0 Å². The molecule has 0 aromatic carbocycles. The van der Waals surface area contributed by atoms with Crippen LogP contribution in [0.1, 0.15) is 0 Å². The summed E-state index contributed by atoms with van der Waals surface area (Å²) < 4.78 is 5.41. The molecule has 3 heterocycles. The normalized spacial score (nSPS) is 22.7. The quantitative estimate of drug-likeness (QED) is 0.758. The van der Waals surface area contributed by atoms with Gasteiger partial charge in [-0.3, -0.25) is 14.5 Å². The summed E-state index contributed by atoms with van der Waals surface area (Å²) in [5, 5.41) is 9.10. The fourth-order valence-corrected chi connectivity index (χ4v) is 2.78. The smallest absolute Gasteiger partial charge is 0.244 e. The molecule has 1 fully saturated rings. The number of piperazine rings is 1. The van der Waals surface area contributed by atoms with Crippen LogP contribution >= 0.6 is 0 Å². The lowest BCUT2D eigenvalue weighted by atomic mass is 10.1. The van der Waals surface area contributed by atoms with Gasteiger partial charge in [0.2, 0.25) is 11.6 Å². The zero-order valence-corrected chi connectivity index (χ0v) is 12.7. The lowest BCUT2D eigenvalue weighted by Gasteiger charge is -2.37. The monoisotopic (exact) mass is 317 g/mol. The van der Waals surface area contributed by atoms with Crippen LogP contribution in [-0.2, 0) is 14.3 Å². The van der Waals surface area contributed by atoms with Crippen LogP contribution in [-0.4, -0.2) is 72.0 Å². The molecule has 23 heavy (non-hydrogen) atoms. The number of hydrogen-bond donors (Lipinski definition) is 1. The summed E-state index contributed by atoms with van der Waals surface area (Å²) in [6, 6.07) is 5.81. The van der Waals surface area contributed by atoms with Crippen LogP contribution in [0.4, 0.5) is 5.82 Å². The van der Waals surface area contributed by atoms with E-state index in [4.69, 9.17) is 9.84 Å². The Morgan fingerprint density at radius 3 is 2.65 bits per heavy atom. The van der Waals surface area contributed by atoms with E-state index in [1.54, 1.807) is 6.20 Å². The predicted octanol–water partition coefficient (Wildman–Crippen LogP) is -0.383. The second-order valence-corrected chi connectivity index (χ2v) is 5.58. The van der Waals surface area contributed by atoms with Crippen molar-refractivity contribution in [3.8, 4) is 0 Å². The summed E-state index contributed by atoms with van der Waals surface area (Å²) in [5.74, 6) is -0.0451. The number of pyridine rings is 1. The van der Waals surface area contributed by atoms with E-state index in [-0.39, 0.29) is 12.4 Å². The van der Waals surface area contributed by atoms with Gasteiger partial charge < -0.3 is 14.7 Å². The second kappa shape index (κ2) is 6.89. The first-order chi connectivity index (χ1) is 11.2. The van der Waals surface area contributed by atoms with Crippen molar-refractivity contribution >= 4 is 17.4 Å². The number of allylic oxidation sites excluding steroid dienone is 1. The topological polar surface area (TPSA) is 83.0 Å². The highest BCUT2D eigenvalue weighted by atomic mass is 16.5. The number of carbonyl (C=O) groups is 2. The molecule has 0 bridgehead atoms. The van der Waals surface area contributed by atoms with Gasteiger partial charge in [-0.25, -0.2) is 4.98 Å². The molecule has 1 unspecified atom stereocenters. The number of rotatable bonds is 4. The maximum absolute atomic E-state index is 11.9. The molecule has 1 aromatic heterocycles. The number of hydrogen-bond acceptors (Lipinski definition) is 7. The van der Waals surface area contributed by atoms with Crippen LogP contribution in [0.2, 0.25) is 0 Å². The molecule has 0 saturated carbocycles. The molecule has 2 aliphatic heterocycles. The largest absolute Gasteiger partial charge is 0.483 e. The Balaban J connectivity index is 1.56. The second-order valence-electron chi connectivity index (χ2n) is 5.58. The SMILES string of the molecule is O=C1C=C(CO)OC(CN2CCN(c3ccccn3)CC2)C1=O. The summed E-state index contributed by atoms with van der Waals surface area (Å²) in [4.78, 5) is 32.1. The summed E-state index contributed by atoms with van der Waals surface area (Å²) in [7, 11) is 0. The van der Waals surface area contributed by atoms with Gasteiger partial charge in [-0.15, -0.1) is 0 Å². The number of aliphatic hydroxyl groups excluding tert-OH is 1. The maximum Gasteiger partial charge on any atom is 0.244 e. The number of ketones is 2. The molecule has 1 atom stereocenters. The molecule has 2 aliphatic rings. The van der Waals surface area contributed by atoms with Crippen LogP contribution < -0.4 is 4.90 Å². The summed E-state index contributed by atoms with van der Waals surface area (Å²) in [5.41, 5.74) is 0. The highest BCUT2D eigenvalue weighted by molar-refractivity contribution is 6.43. The molecule has 0 radical (unpaired) electrons. The molecule has 122 valence electrons. The van der Waals surface area contributed by atoms with Crippen molar-refractivity contribution in [1.29, 1.82) is 0 Å². The maximum atomic E-state index is 11.9. The third-order valence-electron chi connectivity index (χ3n) is 4.05. The van der Waals surface area contributed by atoms with E-state index in [0.717, 1.165) is 38.1 Å². The average Bonchev–Trinajstić information content (AvgIpc) is 2.60. The van der Waals surface area contributed by atoms with Crippen molar-refractivity contribution in [2.45, 2.75) is 6.10 Å². The van der Waals surface area contributed by atoms with Crippen LogP contribution in [0, 0.1) is 0 Å². The van der Waals surface area contributed by atoms with E-state index in [1.165, 1.54) is 0 Å². The Hall–Kier alpha value is -2.25. The Bertz CT molecular complexity index is 609. The van der Waals surface area contributed by atoms with E-state index in [9.17, 15) is 9.59 Å². The lowest BCUT2D eigenvalue weighted by molar-refractivity contribution is -0.143. The standard InChI is InChI=1S/C16H19N3O4/c20-11-12-9-13(21)16(22)14(23-12)10-18-5-7-19(8-6-18)15-3-1-2-4-17-15/h1-4,9,14,20H,5-8,10-11H2. The van der Waals surface area contributed by atoms with Crippen molar-refractivity contribution in [3.05, 3.63) is 36.2 Å². The number of anilines is 1. The van der Waals surface area contributed by atoms with Gasteiger partial charge in [0.25, 0.3) is 0 Å². The minimum Gasteiger partial charge on any atom is -0.483 e.